The fourth-order valence-electron chi connectivity index (χ4n) is 7.65. The van der Waals surface area contributed by atoms with Crippen molar-refractivity contribution in [2.45, 2.75) is 6.67 Å². The van der Waals surface area contributed by atoms with Crippen LogP contribution in [0.2, 0.25) is 0 Å². The fraction of sp³-hybridized carbons (Fsp3) is 0.0217. The number of benzene rings is 7. The summed E-state index contributed by atoms with van der Waals surface area (Å²) in [7, 11) is 0. The minimum atomic E-state index is 0.347. The van der Waals surface area contributed by atoms with Gasteiger partial charge in [0.25, 0.3) is 0 Å². The van der Waals surface area contributed by atoms with Gasteiger partial charge in [0.15, 0.2) is 11.7 Å². The molecule has 246 valence electrons. The molecule has 0 bridgehead atoms. The smallest absolute Gasteiger partial charge is 0.161 e. The van der Waals surface area contributed by atoms with Crippen LogP contribution >= 0.6 is 11.3 Å². The first-order chi connectivity index (χ1) is 25.8. The Balaban J connectivity index is 1.25. The first kappa shape index (κ1) is 30.2. The second-order valence-corrected chi connectivity index (χ2v) is 14.0. The van der Waals surface area contributed by atoms with Gasteiger partial charge in [-0.15, -0.1) is 11.3 Å². The van der Waals surface area contributed by atoms with Crippen LogP contribution in [-0.2, 0) is 6.67 Å². The highest BCUT2D eigenvalue weighted by Crippen LogP contribution is 2.40. The molecule has 5 nitrogen and oxygen atoms in total. The number of amidine groups is 2. The molecule has 0 N–H and O–H groups in total. The molecule has 3 heterocycles. The lowest BCUT2D eigenvalue weighted by molar-refractivity contribution is 0.792. The second-order valence-electron chi connectivity index (χ2n) is 12.9. The molecule has 0 atom stereocenters. The predicted octanol–water partition coefficient (Wildman–Crippen LogP) is 11.8. The Morgan fingerprint density at radius 2 is 1.12 bits per heavy atom. The molecule has 0 radical (unpaired) electrons. The van der Waals surface area contributed by atoms with E-state index in [0.717, 1.165) is 33.4 Å². The highest BCUT2D eigenvalue weighted by Gasteiger charge is 2.20. The SMILES string of the molecule is C=NC(=N/C(=N\Cn1c2ccccc2c2ccc3c4ccccc4n(-c4ccccc4)c3c21)c1ccc2sc3ccccc3c2c1)c1ccccc1. The number of rotatable bonds is 5. The molecule has 10 rings (SSSR count). The van der Waals surface area contributed by atoms with Crippen molar-refractivity contribution >= 4 is 93.5 Å². The third kappa shape index (κ3) is 4.80. The van der Waals surface area contributed by atoms with E-state index in [9.17, 15) is 0 Å². The molecule has 0 aliphatic heterocycles. The lowest BCUT2D eigenvalue weighted by atomic mass is 10.1. The molecule has 10 aromatic rings. The Kier molecular flexibility index (Phi) is 7.15. The van der Waals surface area contributed by atoms with Crippen molar-refractivity contribution in [2.75, 3.05) is 0 Å². The van der Waals surface area contributed by atoms with Gasteiger partial charge in [0.2, 0.25) is 0 Å². The topological polar surface area (TPSA) is 46.9 Å². The first-order valence-corrected chi connectivity index (χ1v) is 18.1. The summed E-state index contributed by atoms with van der Waals surface area (Å²) in [6.45, 7) is 4.26. The number of aromatic nitrogens is 2. The maximum absolute atomic E-state index is 5.38. The van der Waals surface area contributed by atoms with Gasteiger partial charge in [-0.05, 0) is 55.2 Å². The first-order valence-electron chi connectivity index (χ1n) is 17.3. The maximum Gasteiger partial charge on any atom is 0.161 e. The van der Waals surface area contributed by atoms with Gasteiger partial charge in [-0.3, -0.25) is 0 Å². The number of fused-ring (bicyclic) bond motifs is 10. The summed E-state index contributed by atoms with van der Waals surface area (Å²) in [4.78, 5) is 14.9. The van der Waals surface area contributed by atoms with E-state index in [1.54, 1.807) is 11.3 Å². The van der Waals surface area contributed by atoms with Crippen LogP contribution in [0.4, 0.5) is 0 Å². The molecular weight excluding hydrogens is 655 g/mol. The normalized spacial score (nSPS) is 12.6. The number of para-hydroxylation sites is 3. The second kappa shape index (κ2) is 12.3. The molecule has 0 saturated heterocycles. The zero-order chi connectivity index (χ0) is 34.6. The average molecular weight is 686 g/mol. The Labute approximate surface area is 303 Å². The Bertz CT molecular complexity index is 3050. The monoisotopic (exact) mass is 685 g/mol. The Morgan fingerprint density at radius 1 is 0.500 bits per heavy atom. The van der Waals surface area contributed by atoms with Gasteiger partial charge in [0, 0.05) is 58.5 Å². The molecule has 0 fully saturated rings. The summed E-state index contributed by atoms with van der Waals surface area (Å²) < 4.78 is 7.24. The van der Waals surface area contributed by atoms with Gasteiger partial charge in [-0.1, -0.05) is 115 Å². The standard InChI is InChI=1S/C46H31N5S/c1-47-45(30-14-4-2-5-15-30)49-46(31-24-27-42-38(28-31)35-20-10-13-23-41(35)52-42)48-29-50-39-21-11-8-18-33(39)36-25-26-37-34-19-9-12-22-40(34)51(44(37)43(36)50)32-16-6-3-7-17-32/h2-28H,1,29H2/b48-46-,49-45?. The molecule has 52 heavy (non-hydrogen) atoms. The summed E-state index contributed by atoms with van der Waals surface area (Å²) in [5.74, 6) is 1.13. The Hall–Kier alpha value is -6.63. The Morgan fingerprint density at radius 3 is 1.88 bits per heavy atom. The summed E-state index contributed by atoms with van der Waals surface area (Å²) in [6.07, 6.45) is 0. The van der Waals surface area contributed by atoms with Gasteiger partial charge >= 0.3 is 0 Å². The van der Waals surface area contributed by atoms with Crippen molar-refractivity contribution < 1.29 is 0 Å². The number of hydrogen-bond acceptors (Lipinski definition) is 2. The summed E-state index contributed by atoms with van der Waals surface area (Å²) >= 11 is 1.80. The minimum Gasteiger partial charge on any atom is -0.318 e. The maximum atomic E-state index is 5.38. The van der Waals surface area contributed by atoms with E-state index in [4.69, 9.17) is 9.98 Å². The molecular formula is C46H31N5S. The van der Waals surface area contributed by atoms with Crippen molar-refractivity contribution in [3.8, 4) is 5.69 Å². The fourth-order valence-corrected chi connectivity index (χ4v) is 8.74. The number of nitrogens with zero attached hydrogens (tertiary/aromatic N) is 5. The predicted molar refractivity (Wildman–Crippen MR) is 222 cm³/mol. The molecule has 7 aromatic carbocycles. The summed E-state index contributed by atoms with van der Waals surface area (Å²) in [5, 5.41) is 7.22. The van der Waals surface area contributed by atoms with Crippen LogP contribution < -0.4 is 0 Å². The van der Waals surface area contributed by atoms with E-state index in [-0.39, 0.29) is 0 Å². The molecule has 0 spiro atoms. The number of aliphatic imine (C=N–C) groups is 3. The molecule has 0 unspecified atom stereocenters. The number of hydrogen-bond donors (Lipinski definition) is 0. The largest absolute Gasteiger partial charge is 0.318 e. The van der Waals surface area contributed by atoms with Gasteiger partial charge in [0.05, 0.1) is 22.1 Å². The van der Waals surface area contributed by atoms with Crippen LogP contribution in [-0.4, -0.2) is 27.5 Å². The van der Waals surface area contributed by atoms with E-state index >= 15 is 0 Å². The zero-order valence-electron chi connectivity index (χ0n) is 28.1. The van der Waals surface area contributed by atoms with Crippen LogP contribution in [0.3, 0.4) is 0 Å². The highest BCUT2D eigenvalue weighted by atomic mass is 32.1. The van der Waals surface area contributed by atoms with Gasteiger partial charge in [0.1, 0.15) is 6.67 Å². The zero-order valence-corrected chi connectivity index (χ0v) is 29.0. The highest BCUT2D eigenvalue weighted by molar-refractivity contribution is 7.25. The van der Waals surface area contributed by atoms with E-state index in [2.05, 4.69) is 154 Å². The quantitative estimate of drug-likeness (QED) is 0.128. The van der Waals surface area contributed by atoms with Crippen LogP contribution in [0.15, 0.2) is 179 Å². The van der Waals surface area contributed by atoms with Crippen molar-refractivity contribution in [2.24, 2.45) is 15.0 Å². The van der Waals surface area contributed by atoms with Gasteiger partial charge < -0.3 is 9.13 Å². The molecule has 6 heteroatoms. The van der Waals surface area contributed by atoms with E-state index in [1.165, 1.54) is 47.2 Å². The number of thiophene rings is 1. The van der Waals surface area contributed by atoms with Gasteiger partial charge in [-0.2, -0.15) is 0 Å². The minimum absolute atomic E-state index is 0.347. The third-order valence-corrected chi connectivity index (χ3v) is 11.1. The van der Waals surface area contributed by atoms with Crippen molar-refractivity contribution in [3.05, 3.63) is 175 Å². The summed E-state index contributed by atoms with van der Waals surface area (Å²) in [6, 6.07) is 57.6. The van der Waals surface area contributed by atoms with Crippen LogP contribution in [0.25, 0.3) is 69.5 Å². The van der Waals surface area contributed by atoms with Crippen LogP contribution in [0.1, 0.15) is 11.1 Å². The lowest BCUT2D eigenvalue weighted by Crippen LogP contribution is -2.07. The van der Waals surface area contributed by atoms with E-state index in [0.29, 0.717) is 18.3 Å². The molecule has 0 saturated carbocycles. The van der Waals surface area contributed by atoms with Crippen molar-refractivity contribution in [3.63, 3.8) is 0 Å². The van der Waals surface area contributed by atoms with E-state index in [1.807, 2.05) is 30.3 Å². The van der Waals surface area contributed by atoms with Crippen molar-refractivity contribution in [1.29, 1.82) is 0 Å². The van der Waals surface area contributed by atoms with E-state index < -0.39 is 0 Å². The lowest BCUT2D eigenvalue weighted by Gasteiger charge is -2.12. The molecule has 3 aromatic heterocycles. The third-order valence-electron chi connectivity index (χ3n) is 9.97. The summed E-state index contributed by atoms with van der Waals surface area (Å²) in [5.41, 5.74) is 7.51. The molecule has 0 aliphatic carbocycles. The van der Waals surface area contributed by atoms with Crippen LogP contribution in [0, 0.1) is 0 Å². The van der Waals surface area contributed by atoms with Gasteiger partial charge in [-0.25, -0.2) is 15.0 Å². The average Bonchev–Trinajstić information content (AvgIpc) is 3.86. The van der Waals surface area contributed by atoms with Crippen LogP contribution in [0.5, 0.6) is 0 Å². The van der Waals surface area contributed by atoms with Crippen molar-refractivity contribution in [1.82, 2.24) is 9.13 Å². The molecule has 0 amide bonds. The molecule has 0 aliphatic rings.